The average molecular weight is 324 g/mol. The summed E-state index contributed by atoms with van der Waals surface area (Å²) in [5.74, 6) is 0.333. The fourth-order valence-corrected chi connectivity index (χ4v) is 3.47. The van der Waals surface area contributed by atoms with Crippen molar-refractivity contribution in [2.24, 2.45) is 5.92 Å². The van der Waals surface area contributed by atoms with E-state index in [0.717, 1.165) is 35.7 Å². The van der Waals surface area contributed by atoms with Crippen LogP contribution in [0.3, 0.4) is 0 Å². The number of benzene rings is 1. The molecule has 1 aromatic carbocycles. The van der Waals surface area contributed by atoms with Gasteiger partial charge in [-0.2, -0.15) is 0 Å². The van der Waals surface area contributed by atoms with Gasteiger partial charge in [0.15, 0.2) is 5.78 Å². The number of hydrogen-bond acceptors (Lipinski definition) is 3. The molecule has 1 saturated heterocycles. The van der Waals surface area contributed by atoms with Crippen molar-refractivity contribution in [2.75, 3.05) is 12.3 Å². The third-order valence-corrected chi connectivity index (χ3v) is 5.10. The molecule has 102 valence electrons. The number of Topliss-reactive ketones (excluding diaryl/α,β-unsaturated/α-hetero) is 1. The highest BCUT2D eigenvalue weighted by molar-refractivity contribution is 9.10. The molecule has 1 unspecified atom stereocenters. The van der Waals surface area contributed by atoms with Gasteiger partial charge in [0.1, 0.15) is 0 Å². The number of carbonyl (C=O) groups excluding carboxylic acids is 1. The molecule has 1 saturated carbocycles. The van der Waals surface area contributed by atoms with Gasteiger partial charge < -0.3 is 10.5 Å². The van der Waals surface area contributed by atoms with Crippen LogP contribution in [0.2, 0.25) is 0 Å². The SMILES string of the molecule is Nc1ccc(C(=O)C2CCOC3(CCC3)C2)cc1Br. The van der Waals surface area contributed by atoms with Crippen LogP contribution in [0.4, 0.5) is 5.69 Å². The van der Waals surface area contributed by atoms with Crippen LogP contribution in [-0.2, 0) is 4.74 Å². The molecule has 1 spiro atoms. The number of hydrogen-bond donors (Lipinski definition) is 1. The summed E-state index contributed by atoms with van der Waals surface area (Å²) >= 11 is 3.38. The number of ether oxygens (including phenoxy) is 1. The summed E-state index contributed by atoms with van der Waals surface area (Å²) in [6.07, 6.45) is 5.18. The first-order valence-corrected chi connectivity index (χ1v) is 7.62. The number of ketones is 1. The Balaban J connectivity index is 1.77. The second kappa shape index (κ2) is 4.91. The van der Waals surface area contributed by atoms with E-state index in [9.17, 15) is 4.79 Å². The van der Waals surface area contributed by atoms with E-state index in [-0.39, 0.29) is 17.3 Å². The van der Waals surface area contributed by atoms with Gasteiger partial charge in [0.2, 0.25) is 0 Å². The van der Waals surface area contributed by atoms with Gasteiger partial charge in [0.25, 0.3) is 0 Å². The molecule has 2 aliphatic rings. The van der Waals surface area contributed by atoms with Crippen molar-refractivity contribution < 1.29 is 9.53 Å². The summed E-state index contributed by atoms with van der Waals surface area (Å²) in [5.41, 5.74) is 7.20. The van der Waals surface area contributed by atoms with Gasteiger partial charge in [-0.3, -0.25) is 4.79 Å². The zero-order valence-electron chi connectivity index (χ0n) is 10.8. The Kier molecular flexibility index (Phi) is 3.39. The molecule has 1 aromatic rings. The number of nitrogens with two attached hydrogens (primary N) is 1. The summed E-state index contributed by atoms with van der Waals surface area (Å²) in [6.45, 7) is 0.715. The minimum Gasteiger partial charge on any atom is -0.398 e. The number of halogens is 1. The summed E-state index contributed by atoms with van der Waals surface area (Å²) < 4.78 is 6.67. The molecule has 3 nitrogen and oxygen atoms in total. The van der Waals surface area contributed by atoms with Gasteiger partial charge >= 0.3 is 0 Å². The summed E-state index contributed by atoms with van der Waals surface area (Å²) in [4.78, 5) is 12.6. The molecule has 4 heteroatoms. The van der Waals surface area contributed by atoms with Gasteiger partial charge in [-0.15, -0.1) is 0 Å². The molecule has 19 heavy (non-hydrogen) atoms. The molecule has 1 aliphatic carbocycles. The number of anilines is 1. The molecule has 0 aromatic heterocycles. The monoisotopic (exact) mass is 323 g/mol. The standard InChI is InChI=1S/C15H18BrNO2/c16-12-8-10(2-3-13(12)17)14(18)11-4-7-19-15(9-11)5-1-6-15/h2-3,8,11H,1,4-7,9,17H2. The molecule has 0 radical (unpaired) electrons. The van der Waals surface area contributed by atoms with Crippen molar-refractivity contribution in [3.8, 4) is 0 Å². The van der Waals surface area contributed by atoms with Crippen LogP contribution in [0.1, 0.15) is 42.5 Å². The third kappa shape index (κ3) is 2.43. The van der Waals surface area contributed by atoms with Crippen molar-refractivity contribution in [1.82, 2.24) is 0 Å². The summed E-state index contributed by atoms with van der Waals surface area (Å²) in [5, 5.41) is 0. The Hall–Kier alpha value is -0.870. The zero-order valence-corrected chi connectivity index (χ0v) is 12.4. The predicted octanol–water partition coefficient (Wildman–Crippen LogP) is 3.56. The van der Waals surface area contributed by atoms with Crippen LogP contribution in [0.5, 0.6) is 0 Å². The highest BCUT2D eigenvalue weighted by Gasteiger charge is 2.44. The first kappa shape index (κ1) is 13.1. The Morgan fingerprint density at radius 3 is 2.84 bits per heavy atom. The minimum absolute atomic E-state index is 0.0175. The summed E-state index contributed by atoms with van der Waals surface area (Å²) in [7, 11) is 0. The highest BCUT2D eigenvalue weighted by atomic mass is 79.9. The largest absolute Gasteiger partial charge is 0.398 e. The molecule has 1 aliphatic heterocycles. The third-order valence-electron chi connectivity index (χ3n) is 4.41. The zero-order chi connectivity index (χ0) is 13.5. The summed E-state index contributed by atoms with van der Waals surface area (Å²) in [6, 6.07) is 5.45. The lowest BCUT2D eigenvalue weighted by Crippen LogP contribution is -2.47. The first-order chi connectivity index (χ1) is 9.10. The molecule has 1 atom stereocenters. The maximum atomic E-state index is 12.6. The van der Waals surface area contributed by atoms with E-state index in [2.05, 4.69) is 15.9 Å². The molecular formula is C15H18BrNO2. The van der Waals surface area contributed by atoms with Gasteiger partial charge in [-0.1, -0.05) is 0 Å². The van der Waals surface area contributed by atoms with E-state index in [1.54, 1.807) is 6.07 Å². The van der Waals surface area contributed by atoms with Gasteiger partial charge in [0, 0.05) is 28.2 Å². The molecule has 0 amide bonds. The number of rotatable bonds is 2. The molecule has 3 rings (SSSR count). The predicted molar refractivity (Wildman–Crippen MR) is 78.1 cm³/mol. The lowest BCUT2D eigenvalue weighted by Gasteiger charge is -2.46. The average Bonchev–Trinajstić information content (AvgIpc) is 2.39. The van der Waals surface area contributed by atoms with Gasteiger partial charge in [-0.25, -0.2) is 0 Å². The van der Waals surface area contributed by atoms with E-state index in [4.69, 9.17) is 10.5 Å². The van der Waals surface area contributed by atoms with Crippen LogP contribution >= 0.6 is 15.9 Å². The number of nitrogen functional groups attached to an aromatic ring is 1. The smallest absolute Gasteiger partial charge is 0.166 e. The van der Waals surface area contributed by atoms with E-state index in [1.165, 1.54) is 6.42 Å². The molecule has 1 heterocycles. The lowest BCUT2D eigenvalue weighted by atomic mass is 9.70. The quantitative estimate of drug-likeness (QED) is 0.668. The Morgan fingerprint density at radius 1 is 1.42 bits per heavy atom. The second-order valence-electron chi connectivity index (χ2n) is 5.68. The van der Waals surface area contributed by atoms with E-state index < -0.39 is 0 Å². The minimum atomic E-state index is 0.0175. The van der Waals surface area contributed by atoms with Gasteiger partial charge in [-0.05, 0) is 66.2 Å². The Bertz CT molecular complexity index is 511. The molecular weight excluding hydrogens is 306 g/mol. The van der Waals surface area contributed by atoms with Crippen LogP contribution in [0.15, 0.2) is 22.7 Å². The Labute approximate surface area is 121 Å². The van der Waals surface area contributed by atoms with E-state index in [1.807, 2.05) is 12.1 Å². The second-order valence-corrected chi connectivity index (χ2v) is 6.53. The highest BCUT2D eigenvalue weighted by Crippen LogP contribution is 2.45. The Morgan fingerprint density at radius 2 is 2.21 bits per heavy atom. The van der Waals surface area contributed by atoms with Crippen LogP contribution < -0.4 is 5.73 Å². The van der Waals surface area contributed by atoms with Crippen molar-refractivity contribution in [2.45, 2.75) is 37.7 Å². The molecule has 2 N–H and O–H groups in total. The number of carbonyl (C=O) groups is 1. The first-order valence-electron chi connectivity index (χ1n) is 6.83. The maximum Gasteiger partial charge on any atom is 0.166 e. The molecule has 2 fully saturated rings. The fraction of sp³-hybridized carbons (Fsp3) is 0.533. The van der Waals surface area contributed by atoms with Crippen molar-refractivity contribution in [1.29, 1.82) is 0 Å². The van der Waals surface area contributed by atoms with E-state index >= 15 is 0 Å². The van der Waals surface area contributed by atoms with E-state index in [0.29, 0.717) is 12.3 Å². The maximum absolute atomic E-state index is 12.6. The van der Waals surface area contributed by atoms with Crippen LogP contribution in [0, 0.1) is 5.92 Å². The van der Waals surface area contributed by atoms with Crippen molar-refractivity contribution >= 4 is 27.4 Å². The van der Waals surface area contributed by atoms with Crippen LogP contribution in [0.25, 0.3) is 0 Å². The van der Waals surface area contributed by atoms with Crippen molar-refractivity contribution in [3.05, 3.63) is 28.2 Å². The normalized spacial score (nSPS) is 25.0. The fourth-order valence-electron chi connectivity index (χ4n) is 3.09. The molecule has 0 bridgehead atoms. The topological polar surface area (TPSA) is 52.3 Å². The van der Waals surface area contributed by atoms with Gasteiger partial charge in [0.05, 0.1) is 5.60 Å². The lowest BCUT2D eigenvalue weighted by molar-refractivity contribution is -0.137. The van der Waals surface area contributed by atoms with Crippen LogP contribution in [-0.4, -0.2) is 18.0 Å². The van der Waals surface area contributed by atoms with Crippen molar-refractivity contribution in [3.63, 3.8) is 0 Å².